The van der Waals surface area contributed by atoms with Crippen molar-refractivity contribution in [3.63, 3.8) is 0 Å². The predicted molar refractivity (Wildman–Crippen MR) is 172 cm³/mol. The van der Waals surface area contributed by atoms with Gasteiger partial charge in [0.1, 0.15) is 17.2 Å². The van der Waals surface area contributed by atoms with Gasteiger partial charge in [0, 0.05) is 38.4 Å². The smallest absolute Gasteiger partial charge is 0.236 e. The highest BCUT2D eigenvalue weighted by atomic mass is 16.3. The molecule has 2 aromatic heterocycles. The van der Waals surface area contributed by atoms with Gasteiger partial charge in [-0.25, -0.2) is 0 Å². The van der Waals surface area contributed by atoms with Crippen LogP contribution >= 0.6 is 0 Å². The molecule has 0 spiro atoms. The molecule has 9 rings (SSSR count). The maximum atomic E-state index is 6.60. The van der Waals surface area contributed by atoms with Gasteiger partial charge in [-0.15, -0.1) is 0 Å². The zero-order valence-corrected chi connectivity index (χ0v) is 22.7. The van der Waals surface area contributed by atoms with E-state index in [9.17, 15) is 0 Å². The number of para-hydroxylation sites is 3. The fourth-order valence-corrected chi connectivity index (χ4v) is 6.64. The summed E-state index contributed by atoms with van der Waals surface area (Å²) in [5.41, 5.74) is 9.52. The van der Waals surface area contributed by atoms with Crippen LogP contribution in [0.4, 0.5) is 0 Å². The van der Waals surface area contributed by atoms with Crippen LogP contribution in [0.1, 0.15) is 11.1 Å². The van der Waals surface area contributed by atoms with E-state index < -0.39 is 0 Å². The van der Waals surface area contributed by atoms with Gasteiger partial charge in [0.05, 0.1) is 16.7 Å². The predicted octanol–water partition coefficient (Wildman–Crippen LogP) is 7.91. The largest absolute Gasteiger partial charge is 0.455 e. The van der Waals surface area contributed by atoms with E-state index in [2.05, 4.69) is 137 Å². The van der Waals surface area contributed by atoms with Crippen molar-refractivity contribution in [1.82, 2.24) is 4.57 Å². The molecule has 1 aliphatic carbocycles. The molecule has 0 saturated heterocycles. The van der Waals surface area contributed by atoms with Gasteiger partial charge in [0.2, 0.25) is 5.84 Å². The Balaban J connectivity index is 1.37. The highest BCUT2D eigenvalue weighted by molar-refractivity contribution is 6.15. The van der Waals surface area contributed by atoms with Crippen molar-refractivity contribution in [3.05, 3.63) is 156 Å². The lowest BCUT2D eigenvalue weighted by atomic mass is 9.94. The highest BCUT2D eigenvalue weighted by Gasteiger charge is 2.31. The molecule has 3 heterocycles. The molecule has 1 atom stereocenters. The Morgan fingerprint density at radius 1 is 0.667 bits per heavy atom. The van der Waals surface area contributed by atoms with Crippen LogP contribution < -0.4 is 5.32 Å². The lowest BCUT2D eigenvalue weighted by Crippen LogP contribution is -2.94. The first kappa shape index (κ1) is 23.3. The number of hydrogen-bond donors (Lipinski definition) is 1. The molecule has 1 unspecified atom stereocenters. The van der Waals surface area contributed by atoms with Gasteiger partial charge in [-0.05, 0) is 36.4 Å². The van der Waals surface area contributed by atoms with Gasteiger partial charge < -0.3 is 8.98 Å². The van der Waals surface area contributed by atoms with Gasteiger partial charge >= 0.3 is 0 Å². The van der Waals surface area contributed by atoms with Crippen molar-refractivity contribution >= 4 is 55.3 Å². The first-order valence-electron chi connectivity index (χ1n) is 14.4. The minimum Gasteiger partial charge on any atom is -0.455 e. The number of amidine groups is 1. The zero-order chi connectivity index (χ0) is 27.6. The lowest BCUT2D eigenvalue weighted by Gasteiger charge is -2.24. The summed E-state index contributed by atoms with van der Waals surface area (Å²) >= 11 is 0. The maximum absolute atomic E-state index is 6.60. The van der Waals surface area contributed by atoms with E-state index in [1.54, 1.807) is 0 Å². The summed E-state index contributed by atoms with van der Waals surface area (Å²) in [5, 5.41) is 6.95. The van der Waals surface area contributed by atoms with Crippen LogP contribution in [0.15, 0.2) is 155 Å². The van der Waals surface area contributed by atoms with Crippen molar-refractivity contribution in [2.24, 2.45) is 4.99 Å². The summed E-state index contributed by atoms with van der Waals surface area (Å²) in [6.07, 6.45) is 8.67. The molecule has 4 nitrogen and oxygen atoms in total. The lowest BCUT2D eigenvalue weighted by molar-refractivity contribution is -0.558. The normalized spacial score (nSPS) is 16.6. The second kappa shape index (κ2) is 9.03. The van der Waals surface area contributed by atoms with E-state index in [1.165, 1.54) is 27.4 Å². The Kier molecular flexibility index (Phi) is 5.00. The van der Waals surface area contributed by atoms with E-state index in [0.717, 1.165) is 50.3 Å². The van der Waals surface area contributed by atoms with Crippen molar-refractivity contribution in [2.75, 3.05) is 0 Å². The molecule has 2 N–H and O–H groups in total. The summed E-state index contributed by atoms with van der Waals surface area (Å²) < 4.78 is 8.98. The zero-order valence-electron chi connectivity index (χ0n) is 22.7. The SMILES string of the molecule is C1=CC2=C(c3ccccc3)N=C(c3cc(-n4c5ccccc5c5ccccc54)cc4c3oc3ccccc34)[NH2+]C2C=C1. The summed E-state index contributed by atoms with van der Waals surface area (Å²) in [6.45, 7) is 0. The van der Waals surface area contributed by atoms with Crippen LogP contribution in [0.2, 0.25) is 0 Å². The number of nitrogens with two attached hydrogens (primary N) is 1. The molecular weight excluding hydrogens is 514 g/mol. The fraction of sp³-hybridized carbons (Fsp3) is 0.0263. The van der Waals surface area contributed by atoms with Crippen molar-refractivity contribution in [3.8, 4) is 5.69 Å². The van der Waals surface area contributed by atoms with E-state index in [1.807, 2.05) is 12.1 Å². The number of aromatic nitrogens is 1. The summed E-state index contributed by atoms with van der Waals surface area (Å²) in [7, 11) is 0. The third-order valence-electron chi connectivity index (χ3n) is 8.53. The Labute approximate surface area is 242 Å². The van der Waals surface area contributed by atoms with Crippen LogP contribution in [0.25, 0.3) is 55.1 Å². The number of quaternary nitrogens is 1. The average molecular weight is 541 g/mol. The quantitative estimate of drug-likeness (QED) is 0.243. The second-order valence-electron chi connectivity index (χ2n) is 10.9. The topological polar surface area (TPSA) is 47.0 Å². The molecule has 198 valence electrons. The highest BCUT2D eigenvalue weighted by Crippen LogP contribution is 2.38. The Morgan fingerprint density at radius 3 is 2.14 bits per heavy atom. The summed E-state index contributed by atoms with van der Waals surface area (Å²) in [6, 6.07) is 40.8. The van der Waals surface area contributed by atoms with E-state index >= 15 is 0 Å². The summed E-state index contributed by atoms with van der Waals surface area (Å²) in [5.74, 6) is 0.925. The van der Waals surface area contributed by atoms with Gasteiger partial charge in [0.15, 0.2) is 5.58 Å². The Hall–Kier alpha value is -5.45. The molecule has 1 aliphatic heterocycles. The maximum Gasteiger partial charge on any atom is 0.236 e. The minimum atomic E-state index is 0.133. The van der Waals surface area contributed by atoms with Crippen LogP contribution in [0.3, 0.4) is 0 Å². The third kappa shape index (κ3) is 3.43. The molecular formula is C38H26N3O+. The summed E-state index contributed by atoms with van der Waals surface area (Å²) in [4.78, 5) is 5.36. The second-order valence-corrected chi connectivity index (χ2v) is 10.9. The van der Waals surface area contributed by atoms with Crippen molar-refractivity contribution in [2.45, 2.75) is 6.04 Å². The van der Waals surface area contributed by atoms with Crippen molar-refractivity contribution in [1.29, 1.82) is 0 Å². The van der Waals surface area contributed by atoms with Crippen LogP contribution in [0.5, 0.6) is 0 Å². The number of fused-ring (bicyclic) bond motifs is 7. The van der Waals surface area contributed by atoms with Crippen LogP contribution in [0, 0.1) is 0 Å². The van der Waals surface area contributed by atoms with E-state index in [4.69, 9.17) is 9.41 Å². The molecule has 4 heteroatoms. The molecule has 0 bridgehead atoms. The number of aliphatic imine (C=N–C) groups is 1. The van der Waals surface area contributed by atoms with Gasteiger partial charge in [-0.3, -0.25) is 5.32 Å². The standard InChI is InChI=1S/C38H25N3O/c1-2-12-24(13-3-1)36-29-17-4-8-18-32(29)39-38(40-36)31-23-25(22-30-28-16-7-11-21-35(28)42-37(30)31)41-33-19-9-5-14-26(33)27-15-6-10-20-34(27)41/h1-23,32H,(H,39,40)/p+1. The number of hydrogen-bond acceptors (Lipinski definition) is 2. The van der Waals surface area contributed by atoms with Gasteiger partial charge in [-0.1, -0.05) is 103 Å². The molecule has 5 aromatic carbocycles. The molecule has 0 radical (unpaired) electrons. The third-order valence-corrected chi connectivity index (χ3v) is 8.53. The minimum absolute atomic E-state index is 0.133. The van der Waals surface area contributed by atoms with Crippen LogP contribution in [-0.4, -0.2) is 16.4 Å². The van der Waals surface area contributed by atoms with E-state index in [-0.39, 0.29) is 6.04 Å². The fourth-order valence-electron chi connectivity index (χ4n) is 6.64. The van der Waals surface area contributed by atoms with E-state index in [0.29, 0.717) is 0 Å². The Bertz CT molecular complexity index is 2280. The molecule has 2 aliphatic rings. The molecule has 0 fully saturated rings. The number of allylic oxidation sites excluding steroid dienone is 2. The average Bonchev–Trinajstić information content (AvgIpc) is 3.60. The number of rotatable bonds is 3. The number of benzene rings is 5. The monoisotopic (exact) mass is 540 g/mol. The Morgan fingerprint density at radius 2 is 1.36 bits per heavy atom. The number of furan rings is 1. The first-order chi connectivity index (χ1) is 20.8. The van der Waals surface area contributed by atoms with Gasteiger partial charge in [0.25, 0.3) is 0 Å². The first-order valence-corrected chi connectivity index (χ1v) is 14.4. The molecule has 0 saturated carbocycles. The van der Waals surface area contributed by atoms with Gasteiger partial charge in [-0.2, -0.15) is 4.99 Å². The molecule has 7 aromatic rings. The number of nitrogens with zero attached hydrogens (tertiary/aromatic N) is 2. The molecule has 42 heavy (non-hydrogen) atoms. The molecule has 0 amide bonds. The van der Waals surface area contributed by atoms with Crippen LogP contribution in [-0.2, 0) is 0 Å². The van der Waals surface area contributed by atoms with Crippen molar-refractivity contribution < 1.29 is 9.73 Å².